The first-order valence-electron chi connectivity index (χ1n) is 6.56. The standard InChI is InChI=1S/C15H23NO3S/c1-10-5-6-11(2)12(9-10)19-7-8-20-15(3,4)13(16)14(17)18/h5-6,9,13H,7-8,16H2,1-4H3,(H,17,18)/t13-/m0/s1. The number of ether oxygens (including phenoxy) is 1. The fraction of sp³-hybridized carbons (Fsp3) is 0.533. The summed E-state index contributed by atoms with van der Waals surface area (Å²) in [5, 5.41) is 8.95. The van der Waals surface area contributed by atoms with Gasteiger partial charge in [0.1, 0.15) is 11.8 Å². The van der Waals surface area contributed by atoms with Gasteiger partial charge in [-0.15, -0.1) is 11.8 Å². The number of rotatable bonds is 7. The molecular formula is C15H23NO3S. The van der Waals surface area contributed by atoms with Crippen LogP contribution in [-0.2, 0) is 4.79 Å². The van der Waals surface area contributed by atoms with Gasteiger partial charge in [-0.05, 0) is 44.9 Å². The summed E-state index contributed by atoms with van der Waals surface area (Å²) in [6.07, 6.45) is 0. The Labute approximate surface area is 124 Å². The van der Waals surface area contributed by atoms with Crippen LogP contribution in [0.15, 0.2) is 18.2 Å². The van der Waals surface area contributed by atoms with Crippen molar-refractivity contribution in [2.45, 2.75) is 38.5 Å². The zero-order chi connectivity index (χ0) is 15.3. The zero-order valence-corrected chi connectivity index (χ0v) is 13.3. The van der Waals surface area contributed by atoms with E-state index in [1.807, 2.05) is 45.9 Å². The van der Waals surface area contributed by atoms with E-state index in [0.29, 0.717) is 12.4 Å². The fourth-order valence-electron chi connectivity index (χ4n) is 1.71. The van der Waals surface area contributed by atoms with Crippen LogP contribution in [0.25, 0.3) is 0 Å². The van der Waals surface area contributed by atoms with E-state index in [2.05, 4.69) is 0 Å². The van der Waals surface area contributed by atoms with Crippen LogP contribution in [0.3, 0.4) is 0 Å². The van der Waals surface area contributed by atoms with Gasteiger partial charge in [-0.2, -0.15) is 0 Å². The van der Waals surface area contributed by atoms with Gasteiger partial charge in [-0.1, -0.05) is 12.1 Å². The molecule has 1 rings (SSSR count). The van der Waals surface area contributed by atoms with Gasteiger partial charge in [0.05, 0.1) is 6.61 Å². The predicted octanol–water partition coefficient (Wildman–Crippen LogP) is 2.61. The topological polar surface area (TPSA) is 72.5 Å². The van der Waals surface area contributed by atoms with Crippen LogP contribution in [0.5, 0.6) is 5.75 Å². The van der Waals surface area contributed by atoms with Gasteiger partial charge < -0.3 is 15.6 Å². The fourth-order valence-corrected chi connectivity index (χ4v) is 2.68. The average molecular weight is 297 g/mol. The summed E-state index contributed by atoms with van der Waals surface area (Å²) < 4.78 is 5.23. The molecule has 0 spiro atoms. The van der Waals surface area contributed by atoms with Crippen LogP contribution in [0.4, 0.5) is 0 Å². The van der Waals surface area contributed by atoms with Crippen LogP contribution < -0.4 is 10.5 Å². The van der Waals surface area contributed by atoms with Crippen molar-refractivity contribution in [1.82, 2.24) is 0 Å². The molecule has 1 aromatic carbocycles. The van der Waals surface area contributed by atoms with Crippen LogP contribution in [0.1, 0.15) is 25.0 Å². The molecule has 4 nitrogen and oxygen atoms in total. The highest BCUT2D eigenvalue weighted by Gasteiger charge is 2.32. The Balaban J connectivity index is 2.45. The van der Waals surface area contributed by atoms with Crippen LogP contribution in [0.2, 0.25) is 0 Å². The number of hydrogen-bond donors (Lipinski definition) is 2. The maximum atomic E-state index is 10.9. The van der Waals surface area contributed by atoms with E-state index in [1.165, 1.54) is 11.8 Å². The summed E-state index contributed by atoms with van der Waals surface area (Å²) in [4.78, 5) is 10.9. The second-order valence-electron chi connectivity index (χ2n) is 5.39. The van der Waals surface area contributed by atoms with Crippen molar-refractivity contribution in [2.24, 2.45) is 5.73 Å². The third-order valence-corrected chi connectivity index (χ3v) is 4.54. The maximum absolute atomic E-state index is 10.9. The molecule has 5 heteroatoms. The number of thioether (sulfide) groups is 1. The largest absolute Gasteiger partial charge is 0.492 e. The van der Waals surface area contributed by atoms with E-state index in [0.717, 1.165) is 16.9 Å². The second kappa shape index (κ2) is 6.99. The molecular weight excluding hydrogens is 274 g/mol. The van der Waals surface area contributed by atoms with E-state index in [1.54, 1.807) is 0 Å². The third-order valence-electron chi connectivity index (χ3n) is 3.17. The molecule has 0 unspecified atom stereocenters. The first-order valence-corrected chi connectivity index (χ1v) is 7.55. The summed E-state index contributed by atoms with van der Waals surface area (Å²) >= 11 is 1.51. The number of aliphatic carboxylic acids is 1. The molecule has 1 aromatic rings. The zero-order valence-electron chi connectivity index (χ0n) is 12.5. The molecule has 0 saturated heterocycles. The van der Waals surface area contributed by atoms with Gasteiger partial charge in [0, 0.05) is 10.5 Å². The van der Waals surface area contributed by atoms with Crippen molar-refractivity contribution in [2.75, 3.05) is 12.4 Å². The van der Waals surface area contributed by atoms with Crippen LogP contribution in [-0.4, -0.2) is 34.2 Å². The molecule has 0 saturated carbocycles. The SMILES string of the molecule is Cc1ccc(C)c(OCCSC(C)(C)[C@@H](N)C(=O)O)c1. The Morgan fingerprint density at radius 3 is 2.70 bits per heavy atom. The Kier molecular flexibility index (Phi) is 5.89. The summed E-state index contributed by atoms with van der Waals surface area (Å²) in [6.45, 7) is 8.25. The van der Waals surface area contributed by atoms with Gasteiger partial charge in [0.15, 0.2) is 0 Å². The lowest BCUT2D eigenvalue weighted by Gasteiger charge is -2.27. The predicted molar refractivity (Wildman–Crippen MR) is 83.6 cm³/mol. The first-order chi connectivity index (χ1) is 9.24. The minimum Gasteiger partial charge on any atom is -0.492 e. The molecule has 0 aliphatic carbocycles. The highest BCUT2D eigenvalue weighted by Crippen LogP contribution is 2.27. The highest BCUT2D eigenvalue weighted by atomic mass is 32.2. The summed E-state index contributed by atoms with van der Waals surface area (Å²) in [6, 6.07) is 5.20. The van der Waals surface area contributed by atoms with Gasteiger partial charge >= 0.3 is 5.97 Å². The smallest absolute Gasteiger partial charge is 0.321 e. The van der Waals surface area contributed by atoms with E-state index in [4.69, 9.17) is 15.6 Å². The maximum Gasteiger partial charge on any atom is 0.321 e. The lowest BCUT2D eigenvalue weighted by Crippen LogP contribution is -2.47. The molecule has 20 heavy (non-hydrogen) atoms. The number of aryl methyl sites for hydroxylation is 2. The normalized spacial score (nSPS) is 13.1. The summed E-state index contributed by atoms with van der Waals surface area (Å²) in [5.41, 5.74) is 7.93. The number of hydrogen-bond acceptors (Lipinski definition) is 4. The minimum atomic E-state index is -0.974. The molecule has 0 fully saturated rings. The Hall–Kier alpha value is -1.20. The second-order valence-corrected chi connectivity index (χ2v) is 7.13. The molecule has 112 valence electrons. The van der Waals surface area contributed by atoms with E-state index < -0.39 is 16.8 Å². The van der Waals surface area contributed by atoms with Crippen molar-refractivity contribution >= 4 is 17.7 Å². The van der Waals surface area contributed by atoms with E-state index in [-0.39, 0.29) is 0 Å². The van der Waals surface area contributed by atoms with Crippen LogP contribution >= 0.6 is 11.8 Å². The van der Waals surface area contributed by atoms with Crippen molar-refractivity contribution in [1.29, 1.82) is 0 Å². The van der Waals surface area contributed by atoms with Crippen molar-refractivity contribution in [3.63, 3.8) is 0 Å². The van der Waals surface area contributed by atoms with Crippen LogP contribution in [0, 0.1) is 13.8 Å². The highest BCUT2D eigenvalue weighted by molar-refractivity contribution is 8.00. The first kappa shape index (κ1) is 16.9. The van der Waals surface area contributed by atoms with E-state index in [9.17, 15) is 4.79 Å². The molecule has 0 radical (unpaired) electrons. The summed E-state index contributed by atoms with van der Waals surface area (Å²) in [7, 11) is 0. The number of nitrogens with two attached hydrogens (primary N) is 1. The molecule has 0 amide bonds. The molecule has 1 atom stereocenters. The molecule has 3 N–H and O–H groups in total. The molecule has 0 heterocycles. The summed E-state index contributed by atoms with van der Waals surface area (Å²) in [5.74, 6) is 0.602. The minimum absolute atomic E-state index is 0.517. The number of benzene rings is 1. The third kappa shape index (κ3) is 4.72. The van der Waals surface area contributed by atoms with Gasteiger partial charge in [0.25, 0.3) is 0 Å². The molecule has 0 aliphatic rings. The van der Waals surface area contributed by atoms with Crippen molar-refractivity contribution in [3.05, 3.63) is 29.3 Å². The van der Waals surface area contributed by atoms with E-state index >= 15 is 0 Å². The van der Waals surface area contributed by atoms with Gasteiger partial charge in [0.2, 0.25) is 0 Å². The number of carboxylic acid groups (broad SMARTS) is 1. The number of carbonyl (C=O) groups is 1. The lowest BCUT2D eigenvalue weighted by molar-refractivity contribution is -0.139. The molecule has 0 aromatic heterocycles. The Bertz CT molecular complexity index is 474. The van der Waals surface area contributed by atoms with Crippen molar-refractivity contribution in [3.8, 4) is 5.75 Å². The monoisotopic (exact) mass is 297 g/mol. The molecule has 0 bridgehead atoms. The quantitative estimate of drug-likeness (QED) is 0.757. The average Bonchev–Trinajstić information content (AvgIpc) is 2.37. The number of carboxylic acids is 1. The van der Waals surface area contributed by atoms with Gasteiger partial charge in [-0.3, -0.25) is 4.79 Å². The Morgan fingerprint density at radius 1 is 1.45 bits per heavy atom. The Morgan fingerprint density at radius 2 is 2.10 bits per heavy atom. The van der Waals surface area contributed by atoms with Gasteiger partial charge in [-0.25, -0.2) is 0 Å². The lowest BCUT2D eigenvalue weighted by atomic mass is 10.1. The van der Waals surface area contributed by atoms with Crippen molar-refractivity contribution < 1.29 is 14.6 Å². The molecule has 0 aliphatic heterocycles.